The van der Waals surface area contributed by atoms with Crippen molar-refractivity contribution in [2.45, 2.75) is 59.8 Å². The lowest BCUT2D eigenvalue weighted by molar-refractivity contribution is -0.139. The molecule has 2 aromatic rings. The first-order valence-corrected chi connectivity index (χ1v) is 12.2. The fraction of sp³-hybridized carbons (Fsp3) is 0.483. The van der Waals surface area contributed by atoms with E-state index in [-0.39, 0.29) is 19.2 Å². The van der Waals surface area contributed by atoms with Crippen molar-refractivity contribution < 1.29 is 24.5 Å². The Morgan fingerprint density at radius 3 is 2.38 bits per heavy atom. The molecule has 5 heteroatoms. The second kappa shape index (κ2) is 13.3. The van der Waals surface area contributed by atoms with E-state index in [0.29, 0.717) is 44.5 Å². The Morgan fingerprint density at radius 2 is 1.76 bits per heavy atom. The third-order valence-corrected chi connectivity index (χ3v) is 6.50. The smallest absolute Gasteiger partial charge is 0.333 e. The number of hydrogen-bond acceptors (Lipinski definition) is 5. The molecule has 0 bridgehead atoms. The van der Waals surface area contributed by atoms with Crippen molar-refractivity contribution in [2.75, 3.05) is 26.4 Å². The van der Waals surface area contributed by atoms with Crippen LogP contribution in [0.4, 0.5) is 0 Å². The second-order valence-corrected chi connectivity index (χ2v) is 9.12. The summed E-state index contributed by atoms with van der Waals surface area (Å²) in [5, 5.41) is 19.4. The van der Waals surface area contributed by atoms with E-state index in [1.807, 2.05) is 13.0 Å². The number of aliphatic hydroxyl groups is 2. The predicted octanol–water partition coefficient (Wildman–Crippen LogP) is 5.43. The van der Waals surface area contributed by atoms with Crippen molar-refractivity contribution in [1.82, 2.24) is 0 Å². The van der Waals surface area contributed by atoms with Gasteiger partial charge in [0.1, 0.15) is 5.75 Å². The lowest BCUT2D eigenvalue weighted by atomic mass is 9.84. The summed E-state index contributed by atoms with van der Waals surface area (Å²) in [6.07, 6.45) is 3.55. The third-order valence-electron chi connectivity index (χ3n) is 6.50. The average molecular weight is 469 g/mol. The van der Waals surface area contributed by atoms with Crippen LogP contribution in [-0.2, 0) is 22.4 Å². The summed E-state index contributed by atoms with van der Waals surface area (Å²) in [5.74, 6) is 0.405. The maximum absolute atomic E-state index is 11.7. The van der Waals surface area contributed by atoms with E-state index < -0.39 is 5.41 Å². The van der Waals surface area contributed by atoms with Gasteiger partial charge in [-0.2, -0.15) is 0 Å². The van der Waals surface area contributed by atoms with E-state index in [1.165, 1.54) is 16.7 Å². The van der Waals surface area contributed by atoms with Crippen molar-refractivity contribution in [3.63, 3.8) is 0 Å². The summed E-state index contributed by atoms with van der Waals surface area (Å²) in [7, 11) is 0. The lowest BCUT2D eigenvalue weighted by Crippen LogP contribution is -2.31. The van der Waals surface area contributed by atoms with E-state index in [0.717, 1.165) is 23.3 Å². The highest BCUT2D eigenvalue weighted by Crippen LogP contribution is 2.32. The zero-order valence-corrected chi connectivity index (χ0v) is 21.2. The zero-order valence-electron chi connectivity index (χ0n) is 21.2. The van der Waals surface area contributed by atoms with Gasteiger partial charge in [0, 0.05) is 11.0 Å². The molecule has 5 nitrogen and oxygen atoms in total. The molecule has 0 aliphatic rings. The van der Waals surface area contributed by atoms with E-state index in [2.05, 4.69) is 50.8 Å². The Labute approximate surface area is 204 Å². The first-order chi connectivity index (χ1) is 16.3. The summed E-state index contributed by atoms with van der Waals surface area (Å²) < 4.78 is 11.4. The summed E-state index contributed by atoms with van der Waals surface area (Å²) >= 11 is 0. The van der Waals surface area contributed by atoms with Gasteiger partial charge in [0.05, 0.1) is 26.4 Å². The number of benzene rings is 2. The van der Waals surface area contributed by atoms with Gasteiger partial charge in [-0.15, -0.1) is 0 Å². The summed E-state index contributed by atoms with van der Waals surface area (Å²) in [4.78, 5) is 11.7. The van der Waals surface area contributed by atoms with Gasteiger partial charge in [-0.05, 0) is 80.3 Å². The Hall–Kier alpha value is -2.63. The van der Waals surface area contributed by atoms with Crippen LogP contribution in [0, 0.1) is 12.3 Å². The largest absolute Gasteiger partial charge is 0.493 e. The fourth-order valence-corrected chi connectivity index (χ4v) is 3.92. The first kappa shape index (κ1) is 27.6. The molecule has 186 valence electrons. The molecule has 2 aromatic carbocycles. The third kappa shape index (κ3) is 7.44. The molecule has 0 amide bonds. The molecular formula is C29H40O5. The number of ether oxygens (including phenoxy) is 2. The second-order valence-electron chi connectivity index (χ2n) is 9.12. The van der Waals surface area contributed by atoms with Gasteiger partial charge < -0.3 is 19.7 Å². The van der Waals surface area contributed by atoms with Crippen molar-refractivity contribution in [3.8, 4) is 16.9 Å². The summed E-state index contributed by atoms with van der Waals surface area (Å²) in [6, 6.07) is 12.8. The van der Waals surface area contributed by atoms with Crippen LogP contribution in [0.2, 0.25) is 0 Å². The molecule has 0 aromatic heterocycles. The van der Waals surface area contributed by atoms with Crippen LogP contribution in [0.15, 0.2) is 48.6 Å². The Bertz CT molecular complexity index is 951. The Morgan fingerprint density at radius 1 is 1.03 bits per heavy atom. The van der Waals surface area contributed by atoms with Crippen LogP contribution in [0.3, 0.4) is 0 Å². The van der Waals surface area contributed by atoms with Crippen LogP contribution in [-0.4, -0.2) is 42.6 Å². The molecule has 0 fully saturated rings. The molecule has 0 saturated heterocycles. The van der Waals surface area contributed by atoms with Crippen LogP contribution < -0.4 is 4.74 Å². The van der Waals surface area contributed by atoms with E-state index in [4.69, 9.17) is 9.47 Å². The number of esters is 1. The highest BCUT2D eigenvalue weighted by atomic mass is 16.5. The van der Waals surface area contributed by atoms with E-state index in [1.54, 1.807) is 6.92 Å². The summed E-state index contributed by atoms with van der Waals surface area (Å²) in [6.45, 7) is 12.1. The van der Waals surface area contributed by atoms with Crippen LogP contribution in [0.25, 0.3) is 11.1 Å². The zero-order chi connectivity index (χ0) is 25.1. The van der Waals surface area contributed by atoms with Gasteiger partial charge in [-0.25, -0.2) is 4.79 Å². The Balaban J connectivity index is 2.24. The fourth-order valence-electron chi connectivity index (χ4n) is 3.92. The van der Waals surface area contributed by atoms with Crippen molar-refractivity contribution in [2.24, 2.45) is 5.41 Å². The van der Waals surface area contributed by atoms with E-state index in [9.17, 15) is 15.0 Å². The molecule has 0 unspecified atom stereocenters. The molecule has 0 heterocycles. The number of carbonyl (C=O) groups excluding carboxylic acids is 1. The van der Waals surface area contributed by atoms with Gasteiger partial charge in [0.25, 0.3) is 0 Å². The minimum Gasteiger partial charge on any atom is -0.493 e. The van der Waals surface area contributed by atoms with Crippen molar-refractivity contribution >= 4 is 5.97 Å². The first-order valence-electron chi connectivity index (χ1n) is 12.2. The number of carbonyl (C=O) groups is 1. The molecule has 0 radical (unpaired) electrons. The minimum atomic E-state index is -0.533. The Kier molecular flexibility index (Phi) is 10.8. The van der Waals surface area contributed by atoms with Crippen LogP contribution >= 0.6 is 0 Å². The monoisotopic (exact) mass is 468 g/mol. The topological polar surface area (TPSA) is 76.0 Å². The van der Waals surface area contributed by atoms with Gasteiger partial charge in [-0.3, -0.25) is 0 Å². The number of aryl methyl sites for hydroxylation is 3. The van der Waals surface area contributed by atoms with Crippen molar-refractivity contribution in [1.29, 1.82) is 0 Å². The highest BCUT2D eigenvalue weighted by Gasteiger charge is 2.26. The molecule has 2 rings (SSSR count). The van der Waals surface area contributed by atoms with Gasteiger partial charge >= 0.3 is 5.97 Å². The van der Waals surface area contributed by atoms with Crippen LogP contribution in [0.5, 0.6) is 5.75 Å². The van der Waals surface area contributed by atoms with Gasteiger partial charge in [0.2, 0.25) is 0 Å². The molecule has 0 aliphatic heterocycles. The average Bonchev–Trinajstić information content (AvgIpc) is 2.85. The molecule has 0 spiro atoms. The van der Waals surface area contributed by atoms with E-state index >= 15 is 0 Å². The summed E-state index contributed by atoms with van der Waals surface area (Å²) in [5.41, 5.74) is 5.79. The number of rotatable bonds is 14. The predicted molar refractivity (Wildman–Crippen MR) is 137 cm³/mol. The maximum Gasteiger partial charge on any atom is 0.333 e. The van der Waals surface area contributed by atoms with Crippen LogP contribution in [0.1, 0.15) is 56.7 Å². The molecule has 34 heavy (non-hydrogen) atoms. The molecule has 2 N–H and O–H groups in total. The van der Waals surface area contributed by atoms with Crippen molar-refractivity contribution in [3.05, 3.63) is 65.2 Å². The minimum absolute atomic E-state index is 0.0730. The number of hydrogen-bond donors (Lipinski definition) is 2. The number of aliphatic hydroxyl groups excluding tert-OH is 2. The molecule has 0 saturated carbocycles. The standard InChI is InChI=1S/C29H40O5/c1-6-23-17-22(5)10-12-26(23)24-11-13-27(33-16-14-29(7-2,19-30)20-31)25(18-24)9-8-15-34-28(32)21(3)4/h10-13,17-18,30-31H,3,6-9,14-16,19-20H2,1-2,4-5H3. The highest BCUT2D eigenvalue weighted by molar-refractivity contribution is 5.86. The lowest BCUT2D eigenvalue weighted by Gasteiger charge is -2.28. The SMILES string of the molecule is C=C(C)C(=O)OCCCc1cc(-c2ccc(C)cc2CC)ccc1OCCC(CC)(CO)CO. The quantitative estimate of drug-likeness (QED) is 0.220. The molecular weight excluding hydrogens is 428 g/mol. The maximum atomic E-state index is 11.7. The molecule has 0 aliphatic carbocycles. The molecule has 0 atom stereocenters. The normalized spacial score (nSPS) is 11.4. The van der Waals surface area contributed by atoms with Gasteiger partial charge in [-0.1, -0.05) is 50.3 Å². The van der Waals surface area contributed by atoms with Gasteiger partial charge in [0.15, 0.2) is 0 Å².